The molecule has 0 N–H and O–H groups in total. The normalized spacial score (nSPS) is 16.8. The molecule has 1 aliphatic rings. The summed E-state index contributed by atoms with van der Waals surface area (Å²) in [4.78, 5) is 0. The van der Waals surface area contributed by atoms with E-state index in [1.54, 1.807) is 7.11 Å². The minimum absolute atomic E-state index is 0.0888. The van der Waals surface area contributed by atoms with E-state index in [1.165, 1.54) is 11.3 Å². The molecule has 22 heavy (non-hydrogen) atoms. The van der Waals surface area contributed by atoms with Gasteiger partial charge >= 0.3 is 0 Å². The van der Waals surface area contributed by atoms with Crippen LogP contribution in [0.2, 0.25) is 0 Å². The standard InChI is InChI=1S/C16H23NO4S/c1-12-16(2,3)14-11-13(21-4)7-8-15(14)17(12)9-5-6-10-22(18,19)20/h7-8,11H,5-6,9-10H2,1-4H3. The molecule has 0 amide bonds. The highest BCUT2D eigenvalue weighted by Gasteiger charge is 2.42. The Balaban J connectivity index is 2.20. The van der Waals surface area contributed by atoms with Gasteiger partial charge in [-0.15, -0.1) is 0 Å². The van der Waals surface area contributed by atoms with Crippen molar-refractivity contribution in [2.75, 3.05) is 19.4 Å². The van der Waals surface area contributed by atoms with Crippen LogP contribution in [0.15, 0.2) is 18.2 Å². The Kier molecular flexibility index (Phi) is 4.63. The smallest absolute Gasteiger partial charge is 0.209 e. The third-order valence-corrected chi connectivity index (χ3v) is 5.29. The van der Waals surface area contributed by atoms with E-state index < -0.39 is 10.1 Å². The molecule has 0 unspecified atom stereocenters. The van der Waals surface area contributed by atoms with Crippen molar-refractivity contribution in [3.05, 3.63) is 23.8 Å². The van der Waals surface area contributed by atoms with E-state index in [-0.39, 0.29) is 11.2 Å². The summed E-state index contributed by atoms with van der Waals surface area (Å²) in [5, 5.41) is 0. The molecule has 0 saturated carbocycles. The molecule has 0 aromatic heterocycles. The number of methoxy groups -OCH3 is 1. The summed E-state index contributed by atoms with van der Waals surface area (Å²) in [6, 6.07) is 6.03. The Morgan fingerprint density at radius 1 is 1.27 bits per heavy atom. The molecule has 1 heterocycles. The molecule has 6 heteroatoms. The lowest BCUT2D eigenvalue weighted by molar-refractivity contribution is -0.439. The molecule has 0 atom stereocenters. The van der Waals surface area contributed by atoms with Gasteiger partial charge in [0.15, 0.2) is 5.71 Å². The zero-order chi connectivity index (χ0) is 16.5. The topological polar surface area (TPSA) is 69.4 Å². The van der Waals surface area contributed by atoms with Crippen molar-refractivity contribution in [3.8, 4) is 5.75 Å². The van der Waals surface area contributed by atoms with Crippen molar-refractivity contribution < 1.29 is 22.3 Å². The first kappa shape index (κ1) is 17.0. The van der Waals surface area contributed by atoms with E-state index in [4.69, 9.17) is 4.74 Å². The molecule has 5 nitrogen and oxygen atoms in total. The third-order valence-electron chi connectivity index (χ3n) is 4.50. The molecule has 0 radical (unpaired) electrons. The monoisotopic (exact) mass is 325 g/mol. The van der Waals surface area contributed by atoms with Crippen LogP contribution >= 0.6 is 0 Å². The van der Waals surface area contributed by atoms with Gasteiger partial charge in [-0.2, -0.15) is 4.58 Å². The minimum atomic E-state index is -4.12. The maximum absolute atomic E-state index is 10.7. The highest BCUT2D eigenvalue weighted by molar-refractivity contribution is 7.85. The van der Waals surface area contributed by atoms with Crippen LogP contribution in [0, 0.1) is 0 Å². The van der Waals surface area contributed by atoms with Crippen molar-refractivity contribution in [2.45, 2.75) is 39.0 Å². The van der Waals surface area contributed by atoms with Crippen LogP contribution in [0.1, 0.15) is 39.2 Å². The number of benzene rings is 1. The highest BCUT2D eigenvalue weighted by atomic mass is 32.2. The van der Waals surface area contributed by atoms with Crippen LogP contribution in [0.25, 0.3) is 0 Å². The molecule has 0 aliphatic carbocycles. The van der Waals surface area contributed by atoms with Gasteiger partial charge in [-0.3, -0.25) is 0 Å². The molecule has 1 aromatic rings. The lowest BCUT2D eigenvalue weighted by atomic mass is 9.82. The predicted octanol–water partition coefficient (Wildman–Crippen LogP) is 2.42. The van der Waals surface area contributed by atoms with E-state index in [9.17, 15) is 13.0 Å². The zero-order valence-corrected chi connectivity index (χ0v) is 14.4. The number of hydrogen-bond donors (Lipinski definition) is 0. The Labute approximate surface area is 132 Å². The number of unbranched alkanes of at least 4 members (excludes halogenated alkanes) is 1. The van der Waals surface area contributed by atoms with Gasteiger partial charge in [0.2, 0.25) is 5.69 Å². The van der Waals surface area contributed by atoms with Crippen LogP contribution < -0.4 is 4.74 Å². The van der Waals surface area contributed by atoms with Crippen molar-refractivity contribution in [2.24, 2.45) is 0 Å². The molecule has 0 bridgehead atoms. The Morgan fingerprint density at radius 2 is 1.95 bits per heavy atom. The second kappa shape index (κ2) is 6.01. The molecule has 0 fully saturated rings. The summed E-state index contributed by atoms with van der Waals surface area (Å²) in [7, 11) is -2.46. The molecule has 0 spiro atoms. The van der Waals surface area contributed by atoms with Gasteiger partial charge in [0.05, 0.1) is 22.6 Å². The maximum Gasteiger partial charge on any atom is 0.209 e. The molecule has 122 valence electrons. The molecule has 2 rings (SSSR count). The Hall–Kier alpha value is -1.40. The highest BCUT2D eigenvalue weighted by Crippen LogP contribution is 2.41. The van der Waals surface area contributed by atoms with Gasteiger partial charge in [-0.05, 0) is 32.4 Å². The first-order chi connectivity index (χ1) is 10.2. The number of hydrogen-bond acceptors (Lipinski definition) is 4. The molecular formula is C16H23NO4S. The van der Waals surface area contributed by atoms with Crippen LogP contribution in [0.3, 0.4) is 0 Å². The van der Waals surface area contributed by atoms with Crippen molar-refractivity contribution in [1.82, 2.24) is 0 Å². The van der Waals surface area contributed by atoms with Crippen LogP contribution in [-0.2, 0) is 15.5 Å². The minimum Gasteiger partial charge on any atom is -0.748 e. The van der Waals surface area contributed by atoms with Gasteiger partial charge < -0.3 is 9.29 Å². The number of fused-ring (bicyclic) bond motifs is 1. The maximum atomic E-state index is 10.7. The number of rotatable bonds is 6. The van der Waals surface area contributed by atoms with E-state index in [2.05, 4.69) is 31.4 Å². The predicted molar refractivity (Wildman–Crippen MR) is 85.3 cm³/mol. The van der Waals surface area contributed by atoms with Gasteiger partial charge in [-0.1, -0.05) is 0 Å². The lowest BCUT2D eigenvalue weighted by Crippen LogP contribution is -2.26. The second-order valence-corrected chi connectivity index (χ2v) is 7.74. The largest absolute Gasteiger partial charge is 0.748 e. The van der Waals surface area contributed by atoms with Crippen LogP contribution in [-0.4, -0.2) is 42.7 Å². The molecule has 1 aliphatic heterocycles. The average molecular weight is 325 g/mol. The summed E-state index contributed by atoms with van der Waals surface area (Å²) in [6.07, 6.45) is 1.06. The summed E-state index contributed by atoms with van der Waals surface area (Å²) >= 11 is 0. The van der Waals surface area contributed by atoms with E-state index in [0.29, 0.717) is 19.4 Å². The van der Waals surface area contributed by atoms with E-state index in [0.717, 1.165) is 11.4 Å². The quantitative estimate of drug-likeness (QED) is 0.457. The summed E-state index contributed by atoms with van der Waals surface area (Å²) in [6.45, 7) is 7.15. The van der Waals surface area contributed by atoms with E-state index in [1.807, 2.05) is 12.1 Å². The number of nitrogens with zero attached hydrogens (tertiary/aromatic N) is 1. The van der Waals surface area contributed by atoms with Crippen LogP contribution in [0.5, 0.6) is 5.75 Å². The SMILES string of the molecule is COc1ccc2c(c1)C(C)(C)C(C)=[N+]2CCCCS(=O)(=O)[O-]. The van der Waals surface area contributed by atoms with E-state index >= 15 is 0 Å². The van der Waals surface area contributed by atoms with Gasteiger partial charge in [0.25, 0.3) is 0 Å². The first-order valence-electron chi connectivity index (χ1n) is 7.40. The van der Waals surface area contributed by atoms with Crippen LogP contribution in [0.4, 0.5) is 5.69 Å². The van der Waals surface area contributed by atoms with Crippen molar-refractivity contribution in [1.29, 1.82) is 0 Å². The van der Waals surface area contributed by atoms with Crippen molar-refractivity contribution in [3.63, 3.8) is 0 Å². The first-order valence-corrected chi connectivity index (χ1v) is 8.98. The average Bonchev–Trinajstić information content (AvgIpc) is 2.62. The fourth-order valence-corrected chi connectivity index (χ4v) is 3.49. The summed E-state index contributed by atoms with van der Waals surface area (Å²) in [5.41, 5.74) is 3.48. The number of ether oxygens (including phenoxy) is 1. The van der Waals surface area contributed by atoms with Crippen molar-refractivity contribution >= 4 is 21.5 Å². The lowest BCUT2D eigenvalue weighted by Gasteiger charge is -2.15. The van der Waals surface area contributed by atoms with Gasteiger partial charge in [0, 0.05) is 30.7 Å². The summed E-state index contributed by atoms with van der Waals surface area (Å²) < 4.78 is 39.6. The molecule has 1 aromatic carbocycles. The zero-order valence-electron chi connectivity index (χ0n) is 13.5. The third kappa shape index (κ3) is 3.33. The van der Waals surface area contributed by atoms with Gasteiger partial charge in [-0.25, -0.2) is 8.42 Å². The fraction of sp³-hybridized carbons (Fsp3) is 0.562. The Bertz CT molecular complexity index is 705. The van der Waals surface area contributed by atoms with Gasteiger partial charge in [0.1, 0.15) is 12.3 Å². The fourth-order valence-electron chi connectivity index (χ4n) is 2.93. The molecule has 0 saturated heterocycles. The Morgan fingerprint density at radius 3 is 2.55 bits per heavy atom. The second-order valence-electron chi connectivity index (χ2n) is 6.21. The summed E-state index contributed by atoms with van der Waals surface area (Å²) in [5.74, 6) is 0.539. The molecular weight excluding hydrogens is 302 g/mol.